The van der Waals surface area contributed by atoms with Crippen LogP contribution in [0.1, 0.15) is 71.1 Å². The molecule has 0 bridgehead atoms. The van der Waals surface area contributed by atoms with Crippen LogP contribution >= 0.6 is 0 Å². The quantitative estimate of drug-likeness (QED) is 0.512. The van der Waals surface area contributed by atoms with Crippen LogP contribution in [0.25, 0.3) is 16.7 Å². The normalized spacial score (nSPS) is 13.2. The molecular formula is C23H28F3N3O. The van der Waals surface area contributed by atoms with Gasteiger partial charge in [0.2, 0.25) is 0 Å². The van der Waals surface area contributed by atoms with Crippen LogP contribution < -0.4 is 0 Å². The molecule has 1 heterocycles. The van der Waals surface area contributed by atoms with E-state index in [-0.39, 0.29) is 22.1 Å². The Morgan fingerprint density at radius 2 is 1.43 bits per heavy atom. The third kappa shape index (κ3) is 3.89. The number of fused-ring (bicyclic) bond motifs is 1. The van der Waals surface area contributed by atoms with Gasteiger partial charge in [0.15, 0.2) is 0 Å². The third-order valence-electron chi connectivity index (χ3n) is 6.29. The summed E-state index contributed by atoms with van der Waals surface area (Å²) >= 11 is 0. The van der Waals surface area contributed by atoms with Gasteiger partial charge < -0.3 is 5.11 Å². The Morgan fingerprint density at radius 3 is 2.00 bits per heavy atom. The zero-order valence-corrected chi connectivity index (χ0v) is 18.2. The molecule has 0 saturated carbocycles. The Morgan fingerprint density at radius 1 is 0.833 bits per heavy atom. The predicted molar refractivity (Wildman–Crippen MR) is 112 cm³/mol. The number of halogens is 3. The monoisotopic (exact) mass is 419 g/mol. The summed E-state index contributed by atoms with van der Waals surface area (Å²) in [5, 5.41) is 19.7. The zero-order valence-electron chi connectivity index (χ0n) is 18.2. The van der Waals surface area contributed by atoms with Gasteiger partial charge in [0.05, 0.1) is 5.56 Å². The van der Waals surface area contributed by atoms with Crippen molar-refractivity contribution in [1.29, 1.82) is 0 Å². The average molecular weight is 419 g/mol. The van der Waals surface area contributed by atoms with Gasteiger partial charge in [-0.25, -0.2) is 0 Å². The first-order valence-corrected chi connectivity index (χ1v) is 10.1. The van der Waals surface area contributed by atoms with Gasteiger partial charge in [-0.1, -0.05) is 47.6 Å². The summed E-state index contributed by atoms with van der Waals surface area (Å²) < 4.78 is 39.2. The first-order valence-electron chi connectivity index (χ1n) is 10.1. The molecule has 3 aromatic rings. The number of alkyl halides is 3. The largest absolute Gasteiger partial charge is 0.505 e. The molecule has 0 atom stereocenters. The summed E-state index contributed by atoms with van der Waals surface area (Å²) in [5.74, 6) is 0.0499. The smallest absolute Gasteiger partial charge is 0.416 e. The van der Waals surface area contributed by atoms with Gasteiger partial charge in [-0.15, -0.1) is 15.0 Å². The Labute approximate surface area is 174 Å². The van der Waals surface area contributed by atoms with Crippen molar-refractivity contribution < 1.29 is 18.3 Å². The molecule has 0 fully saturated rings. The summed E-state index contributed by atoms with van der Waals surface area (Å²) in [7, 11) is 0. The SMILES string of the molecule is CCC(C)(C)c1cc(-n2nc3ccc(C(F)(F)F)cc3n2)c(O)c(C(C)(C)CC)c1. The lowest BCUT2D eigenvalue weighted by Gasteiger charge is -2.30. The molecule has 0 radical (unpaired) electrons. The molecule has 0 amide bonds. The molecule has 0 spiro atoms. The predicted octanol–water partition coefficient (Wildman–Crippen LogP) is 6.52. The van der Waals surface area contributed by atoms with Crippen molar-refractivity contribution in [2.24, 2.45) is 0 Å². The van der Waals surface area contributed by atoms with Crippen LogP contribution in [0.15, 0.2) is 30.3 Å². The molecule has 1 aromatic heterocycles. The highest BCUT2D eigenvalue weighted by molar-refractivity contribution is 5.75. The average Bonchev–Trinajstić information content (AvgIpc) is 3.10. The van der Waals surface area contributed by atoms with E-state index in [0.717, 1.165) is 36.1 Å². The topological polar surface area (TPSA) is 50.9 Å². The van der Waals surface area contributed by atoms with Crippen LogP contribution in [0.3, 0.4) is 0 Å². The zero-order chi connectivity index (χ0) is 22.5. The summed E-state index contributed by atoms with van der Waals surface area (Å²) in [4.78, 5) is 1.24. The first-order chi connectivity index (χ1) is 13.8. The van der Waals surface area contributed by atoms with E-state index in [1.165, 1.54) is 10.9 Å². The highest BCUT2D eigenvalue weighted by Gasteiger charge is 2.32. The fourth-order valence-electron chi connectivity index (χ4n) is 3.27. The Balaban J connectivity index is 2.26. The molecule has 0 saturated heterocycles. The van der Waals surface area contributed by atoms with Gasteiger partial charge in [0.25, 0.3) is 0 Å². The van der Waals surface area contributed by atoms with E-state index in [2.05, 4.69) is 51.7 Å². The number of nitrogens with zero attached hydrogens (tertiary/aromatic N) is 3. The van der Waals surface area contributed by atoms with Crippen LogP contribution in [0.5, 0.6) is 5.75 Å². The number of rotatable bonds is 5. The minimum atomic E-state index is -4.45. The van der Waals surface area contributed by atoms with E-state index in [4.69, 9.17) is 0 Å². The van der Waals surface area contributed by atoms with E-state index in [0.29, 0.717) is 11.2 Å². The second kappa shape index (κ2) is 7.29. The summed E-state index contributed by atoms with van der Waals surface area (Å²) in [6.45, 7) is 12.5. The minimum absolute atomic E-state index is 0.0499. The van der Waals surface area contributed by atoms with Gasteiger partial charge >= 0.3 is 6.18 Å². The van der Waals surface area contributed by atoms with Crippen molar-refractivity contribution in [2.75, 3.05) is 0 Å². The molecule has 0 aliphatic carbocycles. The van der Waals surface area contributed by atoms with Crippen molar-refractivity contribution in [1.82, 2.24) is 15.0 Å². The number of aromatic nitrogens is 3. The van der Waals surface area contributed by atoms with Gasteiger partial charge in [-0.2, -0.15) is 13.2 Å². The van der Waals surface area contributed by atoms with Gasteiger partial charge in [0.1, 0.15) is 22.5 Å². The highest BCUT2D eigenvalue weighted by atomic mass is 19.4. The molecule has 162 valence electrons. The van der Waals surface area contributed by atoms with Crippen molar-refractivity contribution in [2.45, 2.75) is 71.4 Å². The van der Waals surface area contributed by atoms with Crippen LogP contribution in [0.4, 0.5) is 13.2 Å². The van der Waals surface area contributed by atoms with E-state index >= 15 is 0 Å². The van der Waals surface area contributed by atoms with Gasteiger partial charge in [-0.05, 0) is 53.5 Å². The van der Waals surface area contributed by atoms with E-state index in [9.17, 15) is 18.3 Å². The van der Waals surface area contributed by atoms with Gasteiger partial charge in [-0.3, -0.25) is 0 Å². The van der Waals surface area contributed by atoms with Crippen molar-refractivity contribution in [3.63, 3.8) is 0 Å². The Bertz CT molecular complexity index is 1080. The molecule has 1 N–H and O–H groups in total. The molecular weight excluding hydrogens is 391 g/mol. The summed E-state index contributed by atoms with van der Waals surface area (Å²) in [6.07, 6.45) is -2.77. The molecule has 0 aliphatic rings. The lowest BCUT2D eigenvalue weighted by molar-refractivity contribution is -0.137. The van der Waals surface area contributed by atoms with Crippen molar-refractivity contribution in [3.05, 3.63) is 47.0 Å². The molecule has 0 aliphatic heterocycles. The number of hydrogen-bond donors (Lipinski definition) is 1. The number of benzene rings is 2. The molecule has 0 unspecified atom stereocenters. The van der Waals surface area contributed by atoms with E-state index < -0.39 is 11.7 Å². The van der Waals surface area contributed by atoms with E-state index in [1.54, 1.807) is 0 Å². The third-order valence-corrected chi connectivity index (χ3v) is 6.29. The van der Waals surface area contributed by atoms with Gasteiger partial charge in [0, 0.05) is 5.56 Å². The standard InChI is InChI=1S/C23H28F3N3O/c1-7-21(3,4)15-11-16(22(5,6)8-2)20(30)19(13-15)29-27-17-10-9-14(23(24,25)26)12-18(17)28-29/h9-13,30H,7-8H2,1-6H3. The Hall–Kier alpha value is -2.57. The molecule has 3 rings (SSSR count). The summed E-state index contributed by atoms with van der Waals surface area (Å²) in [6, 6.07) is 7.12. The van der Waals surface area contributed by atoms with Crippen LogP contribution in [0.2, 0.25) is 0 Å². The van der Waals surface area contributed by atoms with Crippen molar-refractivity contribution in [3.8, 4) is 11.4 Å². The molecule has 30 heavy (non-hydrogen) atoms. The lowest BCUT2D eigenvalue weighted by atomic mass is 9.76. The minimum Gasteiger partial charge on any atom is -0.505 e. The number of phenols is 1. The maximum absolute atomic E-state index is 13.1. The first kappa shape index (κ1) is 22.1. The van der Waals surface area contributed by atoms with Crippen LogP contribution in [0, 0.1) is 0 Å². The second-order valence-corrected chi connectivity index (χ2v) is 9.06. The maximum Gasteiger partial charge on any atom is 0.416 e. The van der Waals surface area contributed by atoms with Crippen molar-refractivity contribution >= 4 is 11.0 Å². The van der Waals surface area contributed by atoms with Crippen LogP contribution in [-0.2, 0) is 17.0 Å². The maximum atomic E-state index is 13.1. The molecule has 7 heteroatoms. The Kier molecular flexibility index (Phi) is 5.37. The number of aromatic hydroxyl groups is 1. The second-order valence-electron chi connectivity index (χ2n) is 9.06. The molecule has 4 nitrogen and oxygen atoms in total. The molecule has 2 aromatic carbocycles. The fraction of sp³-hybridized carbons (Fsp3) is 0.478. The number of hydrogen-bond acceptors (Lipinski definition) is 3. The highest BCUT2D eigenvalue weighted by Crippen LogP contribution is 2.41. The van der Waals surface area contributed by atoms with Crippen LogP contribution in [-0.4, -0.2) is 20.1 Å². The van der Waals surface area contributed by atoms with E-state index in [1.807, 2.05) is 12.1 Å². The fourth-order valence-corrected chi connectivity index (χ4v) is 3.27. The number of phenolic OH excluding ortho intramolecular Hbond substituents is 1. The summed E-state index contributed by atoms with van der Waals surface area (Å²) in [5.41, 5.74) is 1.39. The lowest BCUT2D eigenvalue weighted by Crippen LogP contribution is -2.21.